The average molecular weight is 639 g/mol. The van der Waals surface area contributed by atoms with Crippen molar-refractivity contribution in [2.75, 3.05) is 13.9 Å². The van der Waals surface area contributed by atoms with E-state index in [2.05, 4.69) is 9.67 Å². The number of methoxy groups -OCH3 is 1. The largest absolute Gasteiger partial charge is 0.496 e. The SMILES string of the molecule is COc1cccc2oc(-c3nc4ccccc4c(=O)n3N=Cc3cc(C)n(-c4ccc(OCc5ccc6c(c5)OCO6)cc4)c3C)cc12. The van der Waals surface area contributed by atoms with E-state index in [0.717, 1.165) is 50.8 Å². The smallest absolute Gasteiger partial charge is 0.282 e. The van der Waals surface area contributed by atoms with E-state index >= 15 is 0 Å². The van der Waals surface area contributed by atoms with Crippen molar-refractivity contribution in [3.63, 3.8) is 0 Å². The van der Waals surface area contributed by atoms with Crippen molar-refractivity contribution in [3.05, 3.63) is 130 Å². The van der Waals surface area contributed by atoms with Gasteiger partial charge < -0.3 is 27.9 Å². The summed E-state index contributed by atoms with van der Waals surface area (Å²) in [6.07, 6.45) is 1.69. The van der Waals surface area contributed by atoms with E-state index in [-0.39, 0.29) is 12.4 Å². The van der Waals surface area contributed by atoms with Crippen LogP contribution in [0.5, 0.6) is 23.0 Å². The summed E-state index contributed by atoms with van der Waals surface area (Å²) in [5.41, 5.74) is 5.67. The minimum absolute atomic E-state index is 0.242. The van der Waals surface area contributed by atoms with Crippen LogP contribution in [-0.4, -0.2) is 34.3 Å². The van der Waals surface area contributed by atoms with E-state index < -0.39 is 0 Å². The summed E-state index contributed by atoms with van der Waals surface area (Å²) >= 11 is 0. The highest BCUT2D eigenvalue weighted by Crippen LogP contribution is 2.34. The number of ether oxygens (including phenoxy) is 4. The number of hydrogen-bond acceptors (Lipinski definition) is 8. The Morgan fingerprint density at radius 3 is 2.58 bits per heavy atom. The summed E-state index contributed by atoms with van der Waals surface area (Å²) < 4.78 is 32.0. The van der Waals surface area contributed by atoms with Crippen molar-refractivity contribution >= 4 is 28.1 Å². The third-order valence-electron chi connectivity index (χ3n) is 8.44. The second-order valence-electron chi connectivity index (χ2n) is 11.4. The van der Waals surface area contributed by atoms with Crippen LogP contribution in [0.4, 0.5) is 0 Å². The van der Waals surface area contributed by atoms with Gasteiger partial charge in [-0.25, -0.2) is 4.98 Å². The first kappa shape index (κ1) is 29.1. The maximum absolute atomic E-state index is 13.8. The number of hydrogen-bond donors (Lipinski definition) is 0. The molecule has 4 aromatic carbocycles. The van der Waals surface area contributed by atoms with Crippen LogP contribution >= 0.6 is 0 Å². The number of aromatic nitrogens is 3. The molecule has 4 heterocycles. The number of fused-ring (bicyclic) bond motifs is 3. The third-order valence-corrected chi connectivity index (χ3v) is 8.44. The zero-order chi connectivity index (χ0) is 32.8. The molecule has 48 heavy (non-hydrogen) atoms. The van der Waals surface area contributed by atoms with E-state index in [1.165, 1.54) is 4.68 Å². The number of benzene rings is 4. The summed E-state index contributed by atoms with van der Waals surface area (Å²) in [5, 5.41) is 5.92. The van der Waals surface area contributed by atoms with Crippen LogP contribution in [0.2, 0.25) is 0 Å². The molecule has 0 bridgehead atoms. The van der Waals surface area contributed by atoms with Crippen LogP contribution in [0.15, 0.2) is 111 Å². The molecule has 0 spiro atoms. The summed E-state index contributed by atoms with van der Waals surface area (Å²) in [4.78, 5) is 18.6. The fraction of sp³-hybridized carbons (Fsp3) is 0.132. The predicted octanol–water partition coefficient (Wildman–Crippen LogP) is 7.42. The molecule has 0 fully saturated rings. The quantitative estimate of drug-likeness (QED) is 0.160. The second-order valence-corrected chi connectivity index (χ2v) is 11.4. The number of aryl methyl sites for hydroxylation is 1. The molecule has 7 aromatic rings. The van der Waals surface area contributed by atoms with E-state index in [4.69, 9.17) is 28.3 Å². The van der Waals surface area contributed by atoms with Gasteiger partial charge in [-0.3, -0.25) is 4.79 Å². The lowest BCUT2D eigenvalue weighted by atomic mass is 10.2. The normalized spacial score (nSPS) is 12.4. The minimum atomic E-state index is -0.301. The van der Waals surface area contributed by atoms with Gasteiger partial charge in [-0.15, -0.1) is 0 Å². The Labute approximate surface area is 275 Å². The Morgan fingerprint density at radius 1 is 0.896 bits per heavy atom. The van der Waals surface area contributed by atoms with E-state index in [1.807, 2.05) is 98.8 Å². The first-order chi connectivity index (χ1) is 23.5. The molecule has 0 unspecified atom stereocenters. The number of rotatable bonds is 8. The van der Waals surface area contributed by atoms with Crippen molar-refractivity contribution in [1.29, 1.82) is 0 Å². The Morgan fingerprint density at radius 2 is 1.73 bits per heavy atom. The number of nitrogens with zero attached hydrogens (tertiary/aromatic N) is 4. The summed E-state index contributed by atoms with van der Waals surface area (Å²) in [5.74, 6) is 3.59. The Hall–Kier alpha value is -6.29. The van der Waals surface area contributed by atoms with Crippen LogP contribution in [0.1, 0.15) is 22.5 Å². The molecule has 238 valence electrons. The van der Waals surface area contributed by atoms with Gasteiger partial charge in [0.25, 0.3) is 5.56 Å². The highest BCUT2D eigenvalue weighted by atomic mass is 16.7. The van der Waals surface area contributed by atoms with E-state index in [0.29, 0.717) is 40.4 Å². The van der Waals surface area contributed by atoms with Crippen molar-refractivity contribution < 1.29 is 23.4 Å². The molecule has 10 nitrogen and oxygen atoms in total. The fourth-order valence-corrected chi connectivity index (χ4v) is 6.04. The Bertz CT molecular complexity index is 2420. The summed E-state index contributed by atoms with van der Waals surface area (Å²) in [6, 6.07) is 30.4. The summed E-state index contributed by atoms with van der Waals surface area (Å²) in [6.45, 7) is 4.70. The van der Waals surface area contributed by atoms with Crippen molar-refractivity contribution in [3.8, 4) is 40.3 Å². The molecule has 3 aromatic heterocycles. The lowest BCUT2D eigenvalue weighted by Gasteiger charge is -2.12. The highest BCUT2D eigenvalue weighted by molar-refractivity contribution is 5.89. The van der Waals surface area contributed by atoms with Gasteiger partial charge in [0.15, 0.2) is 17.3 Å². The molecule has 8 rings (SSSR count). The van der Waals surface area contributed by atoms with Crippen LogP contribution < -0.4 is 24.5 Å². The van der Waals surface area contributed by atoms with Crippen LogP contribution in [0, 0.1) is 13.8 Å². The van der Waals surface area contributed by atoms with Crippen LogP contribution in [-0.2, 0) is 6.61 Å². The van der Waals surface area contributed by atoms with Gasteiger partial charge in [0, 0.05) is 22.6 Å². The molecule has 0 atom stereocenters. The predicted molar refractivity (Wildman–Crippen MR) is 183 cm³/mol. The maximum Gasteiger partial charge on any atom is 0.282 e. The average Bonchev–Trinajstić information content (AvgIpc) is 3.84. The van der Waals surface area contributed by atoms with E-state index in [9.17, 15) is 4.79 Å². The molecule has 0 aliphatic carbocycles. The maximum atomic E-state index is 13.8. The number of furan rings is 1. The molecule has 0 N–H and O–H groups in total. The van der Waals surface area contributed by atoms with Gasteiger partial charge in [-0.1, -0.05) is 24.3 Å². The zero-order valence-corrected chi connectivity index (χ0v) is 26.5. The molecular weight excluding hydrogens is 608 g/mol. The van der Waals surface area contributed by atoms with E-state index in [1.54, 1.807) is 25.5 Å². The lowest BCUT2D eigenvalue weighted by Crippen LogP contribution is -2.20. The third kappa shape index (κ3) is 5.13. The molecule has 10 heteroatoms. The topological polar surface area (TPSA) is 102 Å². The summed E-state index contributed by atoms with van der Waals surface area (Å²) in [7, 11) is 1.61. The van der Waals surface area contributed by atoms with Crippen molar-refractivity contribution in [1.82, 2.24) is 14.2 Å². The molecule has 0 amide bonds. The van der Waals surface area contributed by atoms with Gasteiger partial charge in [0.05, 0.1) is 29.6 Å². The molecule has 1 aliphatic heterocycles. The minimum Gasteiger partial charge on any atom is -0.496 e. The fourth-order valence-electron chi connectivity index (χ4n) is 6.04. The van der Waals surface area contributed by atoms with Crippen LogP contribution in [0.3, 0.4) is 0 Å². The standard InChI is InChI=1S/C38H30N4O6/c1-23-17-26(24(2)41(23)27-12-14-28(15-13-27)45-21-25-11-16-34-35(18-25)47-22-46-34)20-39-42-37(40-31-8-5-4-7-29(31)38(42)43)36-19-30-32(44-3)9-6-10-33(30)48-36/h4-20H,21-22H2,1-3H3. The Balaban J connectivity index is 1.10. The van der Waals surface area contributed by atoms with Crippen molar-refractivity contribution in [2.24, 2.45) is 5.10 Å². The first-order valence-electron chi connectivity index (χ1n) is 15.4. The van der Waals surface area contributed by atoms with Gasteiger partial charge in [0.2, 0.25) is 12.6 Å². The lowest BCUT2D eigenvalue weighted by molar-refractivity contribution is 0.174. The van der Waals surface area contributed by atoms with Gasteiger partial charge >= 0.3 is 0 Å². The Kier molecular flexibility index (Phi) is 7.17. The highest BCUT2D eigenvalue weighted by Gasteiger charge is 2.19. The molecule has 0 saturated carbocycles. The second kappa shape index (κ2) is 11.8. The molecule has 0 saturated heterocycles. The molecule has 0 radical (unpaired) electrons. The zero-order valence-electron chi connectivity index (χ0n) is 26.5. The molecule has 1 aliphatic rings. The monoisotopic (exact) mass is 638 g/mol. The van der Waals surface area contributed by atoms with Gasteiger partial charge in [-0.2, -0.15) is 9.78 Å². The number of para-hydroxylation sites is 1. The van der Waals surface area contributed by atoms with Gasteiger partial charge in [0.1, 0.15) is 23.7 Å². The van der Waals surface area contributed by atoms with Crippen LogP contribution in [0.25, 0.3) is 39.1 Å². The van der Waals surface area contributed by atoms with Gasteiger partial charge in [-0.05, 0) is 92.2 Å². The first-order valence-corrected chi connectivity index (χ1v) is 15.4. The van der Waals surface area contributed by atoms with Crippen molar-refractivity contribution in [2.45, 2.75) is 20.5 Å². The molecular formula is C38H30N4O6.